The largest absolute Gasteiger partial charge is 0.484 e. The highest BCUT2D eigenvalue weighted by Crippen LogP contribution is 2.35. The molecule has 0 spiro atoms. The first-order valence-corrected chi connectivity index (χ1v) is 9.64. The van der Waals surface area contributed by atoms with Crippen molar-refractivity contribution in [2.75, 3.05) is 26.3 Å². The molecule has 2 atom stereocenters. The maximum atomic E-state index is 14.6. The van der Waals surface area contributed by atoms with Gasteiger partial charge in [-0.05, 0) is 63.8 Å². The summed E-state index contributed by atoms with van der Waals surface area (Å²) >= 11 is 0. The Bertz CT molecular complexity index is 822. The number of halogens is 1. The first-order valence-electron chi connectivity index (χ1n) is 9.64. The standard InChI is InChI=1S/C21H26FN3O2/c1-13-8-17(9-14(2)23-13)10-16-4-5-25(12-16)15(3)20-18(22)11-19-21(24-20)27-7-6-26-19/h8-9,11,15-16H,4-7,10,12H2,1-3H3/t15?,16-/m1/s1. The van der Waals surface area contributed by atoms with Gasteiger partial charge in [-0.15, -0.1) is 0 Å². The van der Waals surface area contributed by atoms with Crippen LogP contribution in [0.15, 0.2) is 18.2 Å². The summed E-state index contributed by atoms with van der Waals surface area (Å²) in [7, 11) is 0. The Kier molecular flexibility index (Phi) is 5.00. The minimum absolute atomic E-state index is 0.0910. The predicted molar refractivity (Wildman–Crippen MR) is 101 cm³/mol. The molecular formula is C21H26FN3O2. The van der Waals surface area contributed by atoms with E-state index in [1.165, 1.54) is 11.6 Å². The zero-order valence-electron chi connectivity index (χ0n) is 16.2. The molecule has 1 unspecified atom stereocenters. The van der Waals surface area contributed by atoms with E-state index in [9.17, 15) is 4.39 Å². The van der Waals surface area contributed by atoms with Gasteiger partial charge >= 0.3 is 0 Å². The van der Waals surface area contributed by atoms with E-state index in [-0.39, 0.29) is 11.9 Å². The number of aryl methyl sites for hydroxylation is 2. The molecule has 0 radical (unpaired) electrons. The van der Waals surface area contributed by atoms with Gasteiger partial charge in [0.25, 0.3) is 5.88 Å². The van der Waals surface area contributed by atoms with Crippen LogP contribution in [-0.2, 0) is 6.42 Å². The Hall–Kier alpha value is -2.21. The molecule has 0 aliphatic carbocycles. The highest BCUT2D eigenvalue weighted by Gasteiger charge is 2.30. The summed E-state index contributed by atoms with van der Waals surface area (Å²) in [4.78, 5) is 11.2. The monoisotopic (exact) mass is 371 g/mol. The first kappa shape index (κ1) is 18.2. The molecule has 2 aliphatic heterocycles. The minimum atomic E-state index is -0.324. The van der Waals surface area contributed by atoms with Gasteiger partial charge in [0.05, 0.1) is 11.7 Å². The zero-order chi connectivity index (χ0) is 19.0. The van der Waals surface area contributed by atoms with Gasteiger partial charge in [-0.25, -0.2) is 9.37 Å². The Morgan fingerprint density at radius 2 is 1.89 bits per heavy atom. The summed E-state index contributed by atoms with van der Waals surface area (Å²) in [6.45, 7) is 8.87. The molecule has 1 saturated heterocycles. The Morgan fingerprint density at radius 1 is 1.15 bits per heavy atom. The third-order valence-electron chi connectivity index (χ3n) is 5.44. The van der Waals surface area contributed by atoms with Crippen LogP contribution in [0.2, 0.25) is 0 Å². The highest BCUT2D eigenvalue weighted by molar-refractivity contribution is 5.37. The number of pyridine rings is 2. The second kappa shape index (κ2) is 7.43. The summed E-state index contributed by atoms with van der Waals surface area (Å²) in [6.07, 6.45) is 2.14. The van der Waals surface area contributed by atoms with E-state index >= 15 is 0 Å². The van der Waals surface area contributed by atoms with Gasteiger partial charge in [-0.2, -0.15) is 0 Å². The maximum Gasteiger partial charge on any atom is 0.257 e. The lowest BCUT2D eigenvalue weighted by molar-refractivity contribution is 0.160. The fraction of sp³-hybridized carbons (Fsp3) is 0.524. The van der Waals surface area contributed by atoms with E-state index < -0.39 is 0 Å². The fourth-order valence-corrected chi connectivity index (χ4v) is 4.18. The van der Waals surface area contributed by atoms with Gasteiger partial charge in [0, 0.05) is 24.0 Å². The van der Waals surface area contributed by atoms with Crippen LogP contribution in [0.4, 0.5) is 4.39 Å². The minimum Gasteiger partial charge on any atom is -0.484 e. The average Bonchev–Trinajstić information content (AvgIpc) is 3.08. The van der Waals surface area contributed by atoms with Crippen molar-refractivity contribution in [1.29, 1.82) is 0 Å². The third-order valence-corrected chi connectivity index (χ3v) is 5.44. The van der Waals surface area contributed by atoms with Gasteiger partial charge in [0.2, 0.25) is 0 Å². The quantitative estimate of drug-likeness (QED) is 0.821. The van der Waals surface area contributed by atoms with E-state index in [2.05, 4.69) is 27.0 Å². The van der Waals surface area contributed by atoms with Crippen LogP contribution in [0.3, 0.4) is 0 Å². The van der Waals surface area contributed by atoms with Gasteiger partial charge in [0.1, 0.15) is 19.0 Å². The van der Waals surface area contributed by atoms with E-state index in [0.29, 0.717) is 36.5 Å². The van der Waals surface area contributed by atoms with Crippen molar-refractivity contribution in [1.82, 2.24) is 14.9 Å². The van der Waals surface area contributed by atoms with Crippen molar-refractivity contribution in [2.45, 2.75) is 39.7 Å². The van der Waals surface area contributed by atoms with Crippen LogP contribution >= 0.6 is 0 Å². The fourth-order valence-electron chi connectivity index (χ4n) is 4.18. The van der Waals surface area contributed by atoms with Gasteiger partial charge in [0.15, 0.2) is 5.75 Å². The lowest BCUT2D eigenvalue weighted by atomic mass is 9.98. The number of hydrogen-bond donors (Lipinski definition) is 0. The molecule has 4 heterocycles. The average molecular weight is 371 g/mol. The summed E-state index contributed by atoms with van der Waals surface area (Å²) in [5.74, 6) is 1.05. The second-order valence-corrected chi connectivity index (χ2v) is 7.64. The van der Waals surface area contributed by atoms with Crippen LogP contribution in [0, 0.1) is 25.6 Å². The second-order valence-electron chi connectivity index (χ2n) is 7.64. The predicted octanol–water partition coefficient (Wildman–Crippen LogP) is 3.63. The van der Waals surface area contributed by atoms with Gasteiger partial charge < -0.3 is 9.47 Å². The van der Waals surface area contributed by atoms with Crippen LogP contribution in [-0.4, -0.2) is 41.2 Å². The highest BCUT2D eigenvalue weighted by atomic mass is 19.1. The number of fused-ring (bicyclic) bond motifs is 1. The third kappa shape index (κ3) is 3.90. The number of rotatable bonds is 4. The molecule has 0 N–H and O–H groups in total. The number of likely N-dealkylation sites (tertiary alicyclic amines) is 1. The van der Waals surface area contributed by atoms with Crippen LogP contribution in [0.25, 0.3) is 0 Å². The SMILES string of the molecule is Cc1cc(C[C@H]2CCN(C(C)c3nc4c(cc3F)OCCO4)C2)cc(C)n1. The van der Waals surface area contributed by atoms with Gasteiger partial charge in [-0.3, -0.25) is 9.88 Å². The molecule has 6 heteroatoms. The van der Waals surface area contributed by atoms with Crippen molar-refractivity contribution in [3.63, 3.8) is 0 Å². The number of aromatic nitrogens is 2. The smallest absolute Gasteiger partial charge is 0.257 e. The van der Waals surface area contributed by atoms with E-state index in [1.807, 2.05) is 20.8 Å². The van der Waals surface area contributed by atoms with E-state index in [1.54, 1.807) is 0 Å². The lowest BCUT2D eigenvalue weighted by Gasteiger charge is -2.26. The van der Waals surface area contributed by atoms with E-state index in [4.69, 9.17) is 9.47 Å². The topological polar surface area (TPSA) is 47.5 Å². The van der Waals surface area contributed by atoms with Crippen molar-refractivity contribution in [3.05, 3.63) is 46.7 Å². The molecule has 1 fully saturated rings. The van der Waals surface area contributed by atoms with Crippen molar-refractivity contribution in [3.8, 4) is 11.6 Å². The number of hydrogen-bond acceptors (Lipinski definition) is 5. The summed E-state index contributed by atoms with van der Waals surface area (Å²) in [5.41, 5.74) is 3.91. The number of ether oxygens (including phenoxy) is 2. The maximum absolute atomic E-state index is 14.6. The Morgan fingerprint density at radius 3 is 2.67 bits per heavy atom. The van der Waals surface area contributed by atoms with Crippen molar-refractivity contribution < 1.29 is 13.9 Å². The number of nitrogens with zero attached hydrogens (tertiary/aromatic N) is 3. The Labute approximate surface area is 159 Å². The summed E-state index contributed by atoms with van der Waals surface area (Å²) < 4.78 is 25.5. The van der Waals surface area contributed by atoms with Crippen molar-refractivity contribution >= 4 is 0 Å². The van der Waals surface area contributed by atoms with E-state index in [0.717, 1.165) is 37.3 Å². The molecule has 2 aromatic rings. The van der Waals surface area contributed by atoms with Crippen LogP contribution in [0.1, 0.15) is 42.0 Å². The molecule has 2 aromatic heterocycles. The molecule has 2 aliphatic rings. The van der Waals surface area contributed by atoms with Crippen molar-refractivity contribution in [2.24, 2.45) is 5.92 Å². The molecule has 0 amide bonds. The molecule has 0 bridgehead atoms. The summed E-state index contributed by atoms with van der Waals surface area (Å²) in [6, 6.07) is 5.65. The normalized spacial score (nSPS) is 20.7. The first-order chi connectivity index (χ1) is 13.0. The summed E-state index contributed by atoms with van der Waals surface area (Å²) in [5, 5.41) is 0. The Balaban J connectivity index is 1.45. The molecule has 144 valence electrons. The molecule has 0 aromatic carbocycles. The molecular weight excluding hydrogens is 345 g/mol. The molecule has 4 rings (SSSR count). The molecule has 0 saturated carbocycles. The van der Waals surface area contributed by atoms with Gasteiger partial charge in [-0.1, -0.05) is 0 Å². The lowest BCUT2D eigenvalue weighted by Crippen LogP contribution is -2.27. The molecule has 5 nitrogen and oxygen atoms in total. The van der Waals surface area contributed by atoms with Crippen LogP contribution in [0.5, 0.6) is 11.6 Å². The van der Waals surface area contributed by atoms with Crippen LogP contribution < -0.4 is 9.47 Å². The zero-order valence-corrected chi connectivity index (χ0v) is 16.2. The molecule has 27 heavy (non-hydrogen) atoms.